The normalized spacial score (nSPS) is 15.2. The average molecular weight is 527 g/mol. The summed E-state index contributed by atoms with van der Waals surface area (Å²) in [5, 5.41) is 6.46. The fraction of sp³-hybridized carbons (Fsp3) is 0.296. The van der Waals surface area contributed by atoms with Crippen LogP contribution in [-0.4, -0.2) is 45.4 Å². The molecular weight excluding hydrogens is 502 g/mol. The number of nitrogens with one attached hydrogen (secondary N) is 1. The second kappa shape index (κ2) is 10.6. The molecule has 10 heteroatoms. The van der Waals surface area contributed by atoms with Crippen molar-refractivity contribution in [2.24, 2.45) is 0 Å². The van der Waals surface area contributed by atoms with Gasteiger partial charge < -0.3 is 15.0 Å². The van der Waals surface area contributed by atoms with Crippen molar-refractivity contribution < 1.29 is 23.1 Å². The number of aromatic nitrogens is 2. The van der Waals surface area contributed by atoms with Gasteiger partial charge in [-0.2, -0.15) is 5.10 Å². The van der Waals surface area contributed by atoms with Crippen LogP contribution in [0.2, 0.25) is 5.02 Å². The highest BCUT2D eigenvalue weighted by atomic mass is 35.5. The third-order valence-corrected chi connectivity index (χ3v) is 5.81. The van der Waals surface area contributed by atoms with Crippen molar-refractivity contribution in [2.45, 2.75) is 38.8 Å². The third-order valence-electron chi connectivity index (χ3n) is 5.53. The van der Waals surface area contributed by atoms with Gasteiger partial charge in [-0.1, -0.05) is 41.6 Å². The van der Waals surface area contributed by atoms with Crippen LogP contribution in [0.15, 0.2) is 48.7 Å². The Morgan fingerprint density at radius 1 is 1.11 bits per heavy atom. The highest BCUT2D eigenvalue weighted by Gasteiger charge is 2.34. The standard InChI is InChI=1S/C27H25ClF2N4O3/c1-27(2,3)37-26(36)33-12-11-19(16-33)34-24(20(28)15-31-34)25(35)32-23-21(29)13-18(14-22(23)30)10-9-17-7-5-4-6-8-17/h4-8,13-15,19H,11-12,16H2,1-3H3,(H,32,35). The van der Waals surface area contributed by atoms with E-state index < -0.39 is 34.9 Å². The number of hydrogen-bond acceptors (Lipinski definition) is 4. The first-order valence-electron chi connectivity index (χ1n) is 11.6. The molecule has 2 heterocycles. The van der Waals surface area contributed by atoms with Gasteiger partial charge in [0.05, 0.1) is 17.3 Å². The largest absolute Gasteiger partial charge is 0.444 e. The van der Waals surface area contributed by atoms with Crippen molar-refractivity contribution in [3.05, 3.63) is 82.1 Å². The molecule has 4 rings (SSSR count). The average Bonchev–Trinajstić information content (AvgIpc) is 3.46. The number of amides is 2. The van der Waals surface area contributed by atoms with Crippen LogP contribution in [-0.2, 0) is 4.74 Å². The number of carbonyl (C=O) groups excluding carboxylic acids is 2. The van der Waals surface area contributed by atoms with Gasteiger partial charge in [-0.25, -0.2) is 13.6 Å². The summed E-state index contributed by atoms with van der Waals surface area (Å²) in [6, 6.07) is 10.7. The van der Waals surface area contributed by atoms with Gasteiger partial charge in [0, 0.05) is 24.2 Å². The molecule has 1 atom stereocenters. The molecule has 3 aromatic rings. The predicted molar refractivity (Wildman–Crippen MR) is 135 cm³/mol. The summed E-state index contributed by atoms with van der Waals surface area (Å²) in [4.78, 5) is 27.0. The maximum Gasteiger partial charge on any atom is 0.410 e. The molecule has 1 N–H and O–H groups in total. The number of rotatable bonds is 3. The Kier molecular flexibility index (Phi) is 7.50. The summed E-state index contributed by atoms with van der Waals surface area (Å²) in [5.41, 5.74) is -0.523. The second-order valence-electron chi connectivity index (χ2n) is 9.54. The first kappa shape index (κ1) is 26.2. The van der Waals surface area contributed by atoms with E-state index in [2.05, 4.69) is 22.3 Å². The van der Waals surface area contributed by atoms with E-state index >= 15 is 0 Å². The lowest BCUT2D eigenvalue weighted by Gasteiger charge is -2.24. The molecule has 1 saturated heterocycles. The predicted octanol–water partition coefficient (Wildman–Crippen LogP) is 5.65. The molecule has 0 bridgehead atoms. The minimum Gasteiger partial charge on any atom is -0.444 e. The molecule has 1 aromatic heterocycles. The summed E-state index contributed by atoms with van der Waals surface area (Å²) in [7, 11) is 0. The maximum absolute atomic E-state index is 14.8. The lowest BCUT2D eigenvalue weighted by atomic mass is 10.1. The summed E-state index contributed by atoms with van der Waals surface area (Å²) < 4.78 is 36.3. The fourth-order valence-electron chi connectivity index (χ4n) is 3.87. The molecular formula is C27H25ClF2N4O3. The van der Waals surface area contributed by atoms with Crippen molar-refractivity contribution in [1.29, 1.82) is 0 Å². The Labute approximate surface area is 218 Å². The number of nitrogens with zero attached hydrogens (tertiary/aromatic N) is 3. The molecule has 1 fully saturated rings. The summed E-state index contributed by atoms with van der Waals surface area (Å²) in [5.74, 6) is 2.75. The van der Waals surface area contributed by atoms with Gasteiger partial charge in [0.15, 0.2) is 11.6 Å². The summed E-state index contributed by atoms with van der Waals surface area (Å²) in [6.07, 6.45) is 1.30. The minimum absolute atomic E-state index is 0.0133. The molecule has 0 spiro atoms. The van der Waals surface area contributed by atoms with Gasteiger partial charge in [-0.05, 0) is 51.5 Å². The van der Waals surface area contributed by atoms with Crippen LogP contribution in [0, 0.1) is 23.5 Å². The van der Waals surface area contributed by atoms with E-state index in [9.17, 15) is 18.4 Å². The highest BCUT2D eigenvalue weighted by Crippen LogP contribution is 2.29. The van der Waals surface area contributed by atoms with Crippen LogP contribution in [0.1, 0.15) is 54.8 Å². The van der Waals surface area contributed by atoms with Gasteiger partial charge in [0.2, 0.25) is 0 Å². The van der Waals surface area contributed by atoms with Crippen LogP contribution in [0.4, 0.5) is 19.3 Å². The molecule has 37 heavy (non-hydrogen) atoms. The first-order chi connectivity index (χ1) is 17.5. The number of halogens is 3. The van der Waals surface area contributed by atoms with Crippen molar-refractivity contribution in [1.82, 2.24) is 14.7 Å². The molecule has 0 radical (unpaired) electrons. The molecule has 7 nitrogen and oxygen atoms in total. The number of anilines is 1. The first-order valence-corrected chi connectivity index (χ1v) is 12.0. The van der Waals surface area contributed by atoms with Gasteiger partial charge >= 0.3 is 6.09 Å². The molecule has 2 aromatic carbocycles. The zero-order chi connectivity index (χ0) is 26.7. The quantitative estimate of drug-likeness (QED) is 0.448. The Morgan fingerprint density at radius 2 is 1.76 bits per heavy atom. The van der Waals surface area contributed by atoms with E-state index in [-0.39, 0.29) is 28.9 Å². The third kappa shape index (κ3) is 6.27. The number of likely N-dealkylation sites (tertiary alicyclic amines) is 1. The van der Waals surface area contributed by atoms with E-state index in [1.807, 2.05) is 6.07 Å². The van der Waals surface area contributed by atoms with Gasteiger partial charge in [0.1, 0.15) is 17.0 Å². The molecule has 1 aliphatic heterocycles. The second-order valence-corrected chi connectivity index (χ2v) is 9.95. The minimum atomic E-state index is -0.982. The van der Waals surface area contributed by atoms with Crippen LogP contribution in [0.5, 0.6) is 0 Å². The van der Waals surface area contributed by atoms with Crippen LogP contribution in [0.25, 0.3) is 0 Å². The Balaban J connectivity index is 1.51. The molecule has 2 amide bonds. The molecule has 1 unspecified atom stereocenters. The number of carbonyl (C=O) groups is 2. The monoisotopic (exact) mass is 526 g/mol. The Bertz CT molecular complexity index is 1370. The summed E-state index contributed by atoms with van der Waals surface area (Å²) >= 11 is 6.22. The molecule has 0 saturated carbocycles. The van der Waals surface area contributed by atoms with Crippen LogP contribution < -0.4 is 5.32 Å². The van der Waals surface area contributed by atoms with Crippen LogP contribution in [0.3, 0.4) is 0 Å². The molecule has 1 aliphatic rings. The van der Waals surface area contributed by atoms with Crippen molar-refractivity contribution in [2.75, 3.05) is 18.4 Å². The Hall–Kier alpha value is -3.90. The van der Waals surface area contributed by atoms with Gasteiger partial charge in [0.25, 0.3) is 5.91 Å². The van der Waals surface area contributed by atoms with Crippen molar-refractivity contribution >= 4 is 29.3 Å². The number of benzene rings is 2. The topological polar surface area (TPSA) is 76.5 Å². The SMILES string of the molecule is CC(C)(C)OC(=O)N1CCC(n2ncc(Cl)c2C(=O)Nc2c(F)cc(C#Cc3ccccc3)cc2F)C1. The summed E-state index contributed by atoms with van der Waals surface area (Å²) in [6.45, 7) is 5.95. The zero-order valence-corrected chi connectivity index (χ0v) is 21.3. The van der Waals surface area contributed by atoms with Gasteiger partial charge in [-0.15, -0.1) is 0 Å². The maximum atomic E-state index is 14.8. The zero-order valence-electron chi connectivity index (χ0n) is 20.5. The van der Waals surface area contributed by atoms with E-state index in [0.29, 0.717) is 18.5 Å². The van der Waals surface area contributed by atoms with E-state index in [1.54, 1.807) is 45.0 Å². The lowest BCUT2D eigenvalue weighted by molar-refractivity contribution is 0.0288. The van der Waals surface area contributed by atoms with Crippen molar-refractivity contribution in [3.63, 3.8) is 0 Å². The van der Waals surface area contributed by atoms with E-state index in [4.69, 9.17) is 16.3 Å². The van der Waals surface area contributed by atoms with Gasteiger partial charge in [-0.3, -0.25) is 9.48 Å². The number of hydrogen-bond donors (Lipinski definition) is 1. The molecule has 192 valence electrons. The lowest BCUT2D eigenvalue weighted by Crippen LogP contribution is -2.35. The Morgan fingerprint density at radius 3 is 2.41 bits per heavy atom. The fourth-order valence-corrected chi connectivity index (χ4v) is 4.08. The van der Waals surface area contributed by atoms with E-state index in [0.717, 1.165) is 12.1 Å². The highest BCUT2D eigenvalue weighted by molar-refractivity contribution is 6.34. The molecule has 0 aliphatic carbocycles. The van der Waals surface area contributed by atoms with Crippen molar-refractivity contribution in [3.8, 4) is 11.8 Å². The van der Waals surface area contributed by atoms with E-state index in [1.165, 1.54) is 15.8 Å². The smallest absolute Gasteiger partial charge is 0.410 e. The number of ether oxygens (including phenoxy) is 1. The van der Waals surface area contributed by atoms with Crippen LogP contribution >= 0.6 is 11.6 Å².